The minimum absolute atomic E-state index is 0.331. The smallest absolute Gasteiger partial charge is 0.00105 e. The van der Waals surface area contributed by atoms with Gasteiger partial charge in [-0.3, -0.25) is 0 Å². The minimum atomic E-state index is 0.331. The van der Waals surface area contributed by atoms with Crippen LogP contribution >= 0.6 is 0 Å². The zero-order valence-corrected chi connectivity index (χ0v) is 13.5. The first-order chi connectivity index (χ1) is 9.56. The lowest BCUT2D eigenvalue weighted by molar-refractivity contribution is 0.623. The molecule has 0 bridgehead atoms. The molecule has 112 valence electrons. The Morgan fingerprint density at radius 2 is 1.80 bits per heavy atom. The molecule has 0 unspecified atom stereocenters. The Labute approximate surface area is 125 Å². The van der Waals surface area contributed by atoms with Crippen LogP contribution in [0.4, 0.5) is 0 Å². The molecule has 0 saturated heterocycles. The van der Waals surface area contributed by atoms with Crippen LogP contribution < -0.4 is 5.73 Å². The van der Waals surface area contributed by atoms with E-state index in [9.17, 15) is 0 Å². The van der Waals surface area contributed by atoms with E-state index in [2.05, 4.69) is 39.0 Å². The van der Waals surface area contributed by atoms with E-state index in [4.69, 9.17) is 5.73 Å². The summed E-state index contributed by atoms with van der Waals surface area (Å²) in [5, 5.41) is 0. The molecular formula is C19H31N. The van der Waals surface area contributed by atoms with Crippen molar-refractivity contribution >= 4 is 0 Å². The largest absolute Gasteiger partial charge is 0.328 e. The fourth-order valence-corrected chi connectivity index (χ4v) is 3.35. The first-order valence-electron chi connectivity index (χ1n) is 8.45. The van der Waals surface area contributed by atoms with Crippen LogP contribution in [0, 0.1) is 0 Å². The highest BCUT2D eigenvalue weighted by atomic mass is 14.6. The van der Waals surface area contributed by atoms with Crippen LogP contribution in [-0.2, 0) is 6.42 Å². The van der Waals surface area contributed by atoms with E-state index >= 15 is 0 Å². The Hall–Kier alpha value is -0.820. The van der Waals surface area contributed by atoms with Crippen LogP contribution in [0.5, 0.6) is 0 Å². The van der Waals surface area contributed by atoms with Gasteiger partial charge in [-0.2, -0.15) is 0 Å². The van der Waals surface area contributed by atoms with Crippen molar-refractivity contribution in [2.24, 2.45) is 5.73 Å². The molecule has 2 N–H and O–H groups in total. The summed E-state index contributed by atoms with van der Waals surface area (Å²) in [5.74, 6) is 1.45. The molecule has 1 aliphatic rings. The lowest BCUT2D eigenvalue weighted by atomic mass is 9.89. The zero-order chi connectivity index (χ0) is 14.5. The molecule has 1 fully saturated rings. The normalized spacial score (nSPS) is 17.9. The van der Waals surface area contributed by atoms with Gasteiger partial charge in [0.1, 0.15) is 0 Å². The Morgan fingerprint density at radius 3 is 2.40 bits per heavy atom. The van der Waals surface area contributed by atoms with Gasteiger partial charge in [0.15, 0.2) is 0 Å². The summed E-state index contributed by atoms with van der Waals surface area (Å²) in [4.78, 5) is 0. The maximum Gasteiger partial charge on any atom is 0.00105 e. The van der Waals surface area contributed by atoms with Crippen molar-refractivity contribution in [3.63, 3.8) is 0 Å². The van der Waals surface area contributed by atoms with Crippen molar-refractivity contribution in [2.75, 3.05) is 0 Å². The van der Waals surface area contributed by atoms with E-state index < -0.39 is 0 Å². The molecular weight excluding hydrogens is 242 g/mol. The Balaban J connectivity index is 2.12. The standard InChI is InChI=1S/C19H31N/c1-14(2)18-11-16(8-6-7-15(3)20)12-19(13-18)17-9-4-5-10-17/h11-15,17H,4-10,20H2,1-3H3/t15-/m0/s1. The van der Waals surface area contributed by atoms with Crippen molar-refractivity contribution in [3.05, 3.63) is 34.9 Å². The average Bonchev–Trinajstić information content (AvgIpc) is 2.91. The van der Waals surface area contributed by atoms with E-state index in [1.54, 1.807) is 5.56 Å². The van der Waals surface area contributed by atoms with Gasteiger partial charge in [-0.15, -0.1) is 0 Å². The molecule has 2 rings (SSSR count). The number of aryl methyl sites for hydroxylation is 1. The second-order valence-electron chi connectivity index (χ2n) is 7.01. The van der Waals surface area contributed by atoms with Crippen LogP contribution in [-0.4, -0.2) is 6.04 Å². The second-order valence-corrected chi connectivity index (χ2v) is 7.01. The summed E-state index contributed by atoms with van der Waals surface area (Å²) in [6, 6.07) is 7.70. The summed E-state index contributed by atoms with van der Waals surface area (Å²) < 4.78 is 0. The molecule has 1 aromatic carbocycles. The highest BCUT2D eigenvalue weighted by molar-refractivity contribution is 5.34. The van der Waals surface area contributed by atoms with Gasteiger partial charge in [-0.05, 0) is 67.6 Å². The van der Waals surface area contributed by atoms with Gasteiger partial charge < -0.3 is 5.73 Å². The average molecular weight is 273 g/mol. The summed E-state index contributed by atoms with van der Waals surface area (Å²) in [7, 11) is 0. The van der Waals surface area contributed by atoms with Gasteiger partial charge in [0.05, 0.1) is 0 Å². The van der Waals surface area contributed by atoms with Crippen LogP contribution in [0.15, 0.2) is 18.2 Å². The van der Waals surface area contributed by atoms with Crippen LogP contribution in [0.2, 0.25) is 0 Å². The van der Waals surface area contributed by atoms with Gasteiger partial charge in [0.2, 0.25) is 0 Å². The molecule has 0 amide bonds. The van der Waals surface area contributed by atoms with E-state index in [1.165, 1.54) is 49.7 Å². The fourth-order valence-electron chi connectivity index (χ4n) is 3.35. The SMILES string of the molecule is CC(C)c1cc(CCC[C@H](C)N)cc(C2CCCC2)c1. The first kappa shape index (κ1) is 15.6. The molecule has 0 aromatic heterocycles. The second kappa shape index (κ2) is 7.26. The topological polar surface area (TPSA) is 26.0 Å². The fraction of sp³-hybridized carbons (Fsp3) is 0.684. The van der Waals surface area contributed by atoms with Crippen LogP contribution in [0.3, 0.4) is 0 Å². The number of rotatable bonds is 6. The maximum absolute atomic E-state index is 5.86. The molecule has 1 aromatic rings. The molecule has 1 aliphatic carbocycles. The molecule has 0 heterocycles. The Kier molecular flexibility index (Phi) is 5.65. The highest BCUT2D eigenvalue weighted by Gasteiger charge is 2.18. The predicted molar refractivity (Wildman–Crippen MR) is 88.3 cm³/mol. The number of hydrogen-bond acceptors (Lipinski definition) is 1. The summed E-state index contributed by atoms with van der Waals surface area (Å²) in [5.41, 5.74) is 10.5. The molecule has 1 atom stereocenters. The van der Waals surface area contributed by atoms with Gasteiger partial charge in [0, 0.05) is 6.04 Å². The van der Waals surface area contributed by atoms with Crippen molar-refractivity contribution < 1.29 is 0 Å². The van der Waals surface area contributed by atoms with Gasteiger partial charge >= 0.3 is 0 Å². The first-order valence-corrected chi connectivity index (χ1v) is 8.45. The van der Waals surface area contributed by atoms with Gasteiger partial charge in [0.25, 0.3) is 0 Å². The summed E-state index contributed by atoms with van der Waals surface area (Å²) in [6.07, 6.45) is 9.13. The third-order valence-corrected chi connectivity index (χ3v) is 4.66. The minimum Gasteiger partial charge on any atom is -0.328 e. The molecule has 0 spiro atoms. The van der Waals surface area contributed by atoms with Crippen molar-refractivity contribution in [3.8, 4) is 0 Å². The molecule has 0 aliphatic heterocycles. The van der Waals surface area contributed by atoms with Crippen molar-refractivity contribution in [1.29, 1.82) is 0 Å². The summed E-state index contributed by atoms with van der Waals surface area (Å²) in [6.45, 7) is 6.72. The molecule has 1 saturated carbocycles. The van der Waals surface area contributed by atoms with E-state index in [-0.39, 0.29) is 0 Å². The highest BCUT2D eigenvalue weighted by Crippen LogP contribution is 2.36. The number of nitrogens with two attached hydrogens (primary N) is 1. The zero-order valence-electron chi connectivity index (χ0n) is 13.5. The molecule has 0 radical (unpaired) electrons. The van der Waals surface area contributed by atoms with E-state index in [0.717, 1.165) is 12.3 Å². The maximum atomic E-state index is 5.86. The number of benzene rings is 1. The van der Waals surface area contributed by atoms with Gasteiger partial charge in [-0.1, -0.05) is 44.9 Å². The predicted octanol–water partition coefficient (Wildman–Crippen LogP) is 5.14. The molecule has 20 heavy (non-hydrogen) atoms. The van der Waals surface area contributed by atoms with E-state index in [0.29, 0.717) is 12.0 Å². The Bertz CT molecular complexity index is 414. The van der Waals surface area contributed by atoms with Crippen molar-refractivity contribution in [2.45, 2.75) is 83.6 Å². The Morgan fingerprint density at radius 1 is 1.10 bits per heavy atom. The van der Waals surface area contributed by atoms with Crippen LogP contribution in [0.1, 0.15) is 87.8 Å². The molecule has 1 heteroatoms. The number of hydrogen-bond donors (Lipinski definition) is 1. The lowest BCUT2D eigenvalue weighted by Gasteiger charge is -2.16. The van der Waals surface area contributed by atoms with E-state index in [1.807, 2.05) is 0 Å². The summed E-state index contributed by atoms with van der Waals surface area (Å²) >= 11 is 0. The van der Waals surface area contributed by atoms with Crippen molar-refractivity contribution in [1.82, 2.24) is 0 Å². The lowest BCUT2D eigenvalue weighted by Crippen LogP contribution is -2.14. The quantitative estimate of drug-likeness (QED) is 0.763. The third kappa shape index (κ3) is 4.34. The molecule has 1 nitrogen and oxygen atoms in total. The monoisotopic (exact) mass is 273 g/mol. The third-order valence-electron chi connectivity index (χ3n) is 4.66. The van der Waals surface area contributed by atoms with Gasteiger partial charge in [-0.25, -0.2) is 0 Å². The van der Waals surface area contributed by atoms with Crippen LogP contribution in [0.25, 0.3) is 0 Å².